The van der Waals surface area contributed by atoms with Gasteiger partial charge in [-0.1, -0.05) is 30.3 Å². The number of aryl methyl sites for hydroxylation is 2. The molecule has 0 bridgehead atoms. The molecule has 2 aromatic rings. The van der Waals surface area contributed by atoms with Gasteiger partial charge in [0, 0.05) is 24.3 Å². The van der Waals surface area contributed by atoms with Gasteiger partial charge in [0.25, 0.3) is 0 Å². The van der Waals surface area contributed by atoms with E-state index in [2.05, 4.69) is 9.82 Å². The second kappa shape index (κ2) is 6.41. The maximum atomic E-state index is 12.1. The number of nitrogens with one attached hydrogen (secondary N) is 1. The van der Waals surface area contributed by atoms with Crippen LogP contribution in [0.1, 0.15) is 29.4 Å². The van der Waals surface area contributed by atoms with Gasteiger partial charge in [0.15, 0.2) is 0 Å². The summed E-state index contributed by atoms with van der Waals surface area (Å²) in [6, 6.07) is 9.17. The van der Waals surface area contributed by atoms with E-state index in [1.807, 2.05) is 55.8 Å². The van der Waals surface area contributed by atoms with Gasteiger partial charge in [-0.05, 0) is 26.3 Å². The summed E-state index contributed by atoms with van der Waals surface area (Å²) in [4.78, 5) is 0. The summed E-state index contributed by atoms with van der Waals surface area (Å²) in [5.74, 6) is -0.00610. The molecule has 1 aromatic heterocycles. The first-order chi connectivity index (χ1) is 9.93. The molecule has 0 aliphatic carbocycles. The third kappa shape index (κ3) is 3.92. The lowest BCUT2D eigenvalue weighted by Crippen LogP contribution is -2.25. The largest absolute Gasteiger partial charge is 0.270 e. The van der Waals surface area contributed by atoms with E-state index < -0.39 is 10.0 Å². The number of hydrogen-bond donors (Lipinski definition) is 1. The van der Waals surface area contributed by atoms with E-state index in [0.717, 1.165) is 29.1 Å². The van der Waals surface area contributed by atoms with Crippen LogP contribution in [0.5, 0.6) is 0 Å². The lowest BCUT2D eigenvalue weighted by Gasteiger charge is -2.07. The summed E-state index contributed by atoms with van der Waals surface area (Å²) in [7, 11) is -3.35. The summed E-state index contributed by atoms with van der Waals surface area (Å²) >= 11 is 0. The Bertz CT molecular complexity index is 706. The van der Waals surface area contributed by atoms with Crippen molar-refractivity contribution in [2.75, 3.05) is 0 Å². The first kappa shape index (κ1) is 15.7. The topological polar surface area (TPSA) is 64.0 Å². The van der Waals surface area contributed by atoms with E-state index >= 15 is 0 Å². The number of nitrogens with zero attached hydrogens (tertiary/aromatic N) is 2. The minimum Gasteiger partial charge on any atom is -0.270 e. The van der Waals surface area contributed by atoms with E-state index in [9.17, 15) is 8.42 Å². The number of aromatic nitrogens is 2. The number of sulfonamides is 1. The van der Waals surface area contributed by atoms with E-state index in [0.29, 0.717) is 0 Å². The number of rotatable bonds is 6. The summed E-state index contributed by atoms with van der Waals surface area (Å²) in [6.45, 7) is 6.95. The summed E-state index contributed by atoms with van der Waals surface area (Å²) in [5.41, 5.74) is 3.62. The van der Waals surface area contributed by atoms with Crippen LogP contribution in [0.25, 0.3) is 0 Å². The molecule has 0 spiro atoms. The Morgan fingerprint density at radius 2 is 1.86 bits per heavy atom. The molecule has 1 aromatic carbocycles. The van der Waals surface area contributed by atoms with Crippen molar-refractivity contribution < 1.29 is 8.42 Å². The Hall–Kier alpha value is -1.66. The Kier molecular flexibility index (Phi) is 4.80. The Labute approximate surface area is 126 Å². The van der Waals surface area contributed by atoms with Crippen LogP contribution in [0.2, 0.25) is 0 Å². The van der Waals surface area contributed by atoms with Crippen LogP contribution < -0.4 is 4.72 Å². The highest BCUT2D eigenvalue weighted by Crippen LogP contribution is 2.13. The normalized spacial score (nSPS) is 11.8. The molecular formula is C15H21N3O2S. The molecule has 1 N–H and O–H groups in total. The average Bonchev–Trinajstić information content (AvgIpc) is 2.72. The summed E-state index contributed by atoms with van der Waals surface area (Å²) < 4.78 is 28.8. The van der Waals surface area contributed by atoms with Gasteiger partial charge in [-0.15, -0.1) is 0 Å². The predicted octanol–water partition coefficient (Wildman–Crippen LogP) is 2.14. The van der Waals surface area contributed by atoms with E-state index in [1.54, 1.807) is 0 Å². The van der Waals surface area contributed by atoms with Gasteiger partial charge in [-0.2, -0.15) is 5.10 Å². The maximum Gasteiger partial charge on any atom is 0.216 e. The SMILES string of the molecule is CCn1nc(C)c(CNS(=O)(=O)Cc2ccccc2)c1C. The zero-order valence-corrected chi connectivity index (χ0v) is 13.4. The van der Waals surface area contributed by atoms with Crippen LogP contribution in [0.3, 0.4) is 0 Å². The highest BCUT2D eigenvalue weighted by Gasteiger charge is 2.15. The number of hydrogen-bond acceptors (Lipinski definition) is 3. The first-order valence-corrected chi connectivity index (χ1v) is 8.62. The van der Waals surface area contributed by atoms with Gasteiger partial charge in [0.05, 0.1) is 11.4 Å². The molecule has 0 fully saturated rings. The fourth-order valence-electron chi connectivity index (χ4n) is 2.32. The van der Waals surface area contributed by atoms with Crippen LogP contribution in [0.4, 0.5) is 0 Å². The molecule has 0 saturated heterocycles. The maximum absolute atomic E-state index is 12.1. The van der Waals surface area contributed by atoms with Crippen LogP contribution in [-0.4, -0.2) is 18.2 Å². The van der Waals surface area contributed by atoms with E-state index in [-0.39, 0.29) is 12.3 Å². The molecule has 0 aliphatic heterocycles. The average molecular weight is 307 g/mol. The summed E-state index contributed by atoms with van der Waals surface area (Å²) in [6.07, 6.45) is 0. The fourth-order valence-corrected chi connectivity index (χ4v) is 3.42. The minimum atomic E-state index is -3.35. The fraction of sp³-hybridized carbons (Fsp3) is 0.400. The van der Waals surface area contributed by atoms with Gasteiger partial charge in [0.2, 0.25) is 10.0 Å². The van der Waals surface area contributed by atoms with Crippen LogP contribution >= 0.6 is 0 Å². The lowest BCUT2D eigenvalue weighted by molar-refractivity contribution is 0.580. The molecule has 114 valence electrons. The second-order valence-corrected chi connectivity index (χ2v) is 6.84. The van der Waals surface area contributed by atoms with Gasteiger partial charge in [-0.25, -0.2) is 13.1 Å². The molecule has 1 heterocycles. The monoisotopic (exact) mass is 307 g/mol. The van der Waals surface area contributed by atoms with Gasteiger partial charge >= 0.3 is 0 Å². The third-order valence-electron chi connectivity index (χ3n) is 3.50. The molecule has 0 unspecified atom stereocenters. The molecule has 0 amide bonds. The molecule has 0 radical (unpaired) electrons. The van der Waals surface area contributed by atoms with Gasteiger partial charge in [-0.3, -0.25) is 4.68 Å². The third-order valence-corrected chi connectivity index (χ3v) is 4.80. The smallest absolute Gasteiger partial charge is 0.216 e. The molecule has 5 nitrogen and oxygen atoms in total. The minimum absolute atomic E-state index is 0.00610. The van der Waals surface area contributed by atoms with Gasteiger partial charge < -0.3 is 0 Å². The van der Waals surface area contributed by atoms with Crippen molar-refractivity contribution in [1.29, 1.82) is 0 Å². The van der Waals surface area contributed by atoms with Crippen LogP contribution in [0.15, 0.2) is 30.3 Å². The molecule has 2 rings (SSSR count). The zero-order chi connectivity index (χ0) is 15.5. The van der Waals surface area contributed by atoms with Crippen molar-refractivity contribution in [3.8, 4) is 0 Å². The zero-order valence-electron chi connectivity index (χ0n) is 12.6. The van der Waals surface area contributed by atoms with E-state index in [4.69, 9.17) is 0 Å². The molecule has 21 heavy (non-hydrogen) atoms. The van der Waals surface area contributed by atoms with Crippen molar-refractivity contribution in [3.63, 3.8) is 0 Å². The predicted molar refractivity (Wildman–Crippen MR) is 83.3 cm³/mol. The quantitative estimate of drug-likeness (QED) is 0.889. The molecule has 0 atom stereocenters. The van der Waals surface area contributed by atoms with Crippen LogP contribution in [0, 0.1) is 13.8 Å². The van der Waals surface area contributed by atoms with Crippen molar-refractivity contribution in [1.82, 2.24) is 14.5 Å². The second-order valence-electron chi connectivity index (χ2n) is 5.03. The summed E-state index contributed by atoms with van der Waals surface area (Å²) in [5, 5.41) is 4.40. The molecule has 6 heteroatoms. The molecule has 0 aliphatic rings. The lowest BCUT2D eigenvalue weighted by atomic mass is 10.2. The van der Waals surface area contributed by atoms with Gasteiger partial charge in [0.1, 0.15) is 0 Å². The van der Waals surface area contributed by atoms with Crippen molar-refractivity contribution >= 4 is 10.0 Å². The number of benzene rings is 1. The first-order valence-electron chi connectivity index (χ1n) is 6.97. The van der Waals surface area contributed by atoms with Crippen LogP contribution in [-0.2, 0) is 28.9 Å². The molecular weight excluding hydrogens is 286 g/mol. The Morgan fingerprint density at radius 1 is 1.19 bits per heavy atom. The van der Waals surface area contributed by atoms with Crippen molar-refractivity contribution in [3.05, 3.63) is 52.8 Å². The Balaban J connectivity index is 2.07. The standard InChI is InChI=1S/C15H21N3O2S/c1-4-18-13(3)15(12(2)17-18)10-16-21(19,20)11-14-8-6-5-7-9-14/h5-9,16H,4,10-11H2,1-3H3. The molecule has 0 saturated carbocycles. The highest BCUT2D eigenvalue weighted by molar-refractivity contribution is 7.88. The van der Waals surface area contributed by atoms with E-state index in [1.165, 1.54) is 0 Å². The van der Waals surface area contributed by atoms with Crippen molar-refractivity contribution in [2.24, 2.45) is 0 Å². The Morgan fingerprint density at radius 3 is 2.43 bits per heavy atom. The van der Waals surface area contributed by atoms with Crippen molar-refractivity contribution in [2.45, 2.75) is 39.6 Å². The highest BCUT2D eigenvalue weighted by atomic mass is 32.2.